The molecule has 4 aromatic carbocycles. The van der Waals surface area contributed by atoms with Gasteiger partial charge >= 0.3 is 0 Å². The predicted molar refractivity (Wildman–Crippen MR) is 174 cm³/mol. The first-order valence-corrected chi connectivity index (χ1v) is 15.9. The molecule has 4 rings (SSSR count). The normalized spacial score (nSPS) is 11.4. The Morgan fingerprint density at radius 2 is 1.74 bits per heavy atom. The quantitative estimate of drug-likeness (QED) is 0.131. The summed E-state index contributed by atoms with van der Waals surface area (Å²) in [7, 11) is -2.54. The number of rotatable bonds is 11. The molecule has 0 fully saturated rings. The van der Waals surface area contributed by atoms with Crippen LogP contribution in [0.4, 0.5) is 5.69 Å². The molecular weight excluding hydrogens is 677 g/mol. The maximum Gasteiger partial charge on any atom is 0.264 e. The summed E-state index contributed by atoms with van der Waals surface area (Å²) in [5.41, 5.74) is 5.93. The van der Waals surface area contributed by atoms with Gasteiger partial charge in [0.1, 0.15) is 13.2 Å². The van der Waals surface area contributed by atoms with Crippen molar-refractivity contribution in [2.45, 2.75) is 25.3 Å². The Kier molecular flexibility index (Phi) is 10.7. The van der Waals surface area contributed by atoms with Crippen LogP contribution in [0, 0.1) is 13.8 Å². The number of sulfonamides is 1. The summed E-state index contributed by atoms with van der Waals surface area (Å²) in [4.78, 5) is 13.1. The van der Waals surface area contributed by atoms with E-state index in [1.54, 1.807) is 61.5 Å². The second-order valence-electron chi connectivity index (χ2n) is 9.48. The van der Waals surface area contributed by atoms with E-state index in [1.165, 1.54) is 25.5 Å². The number of hydrogen-bond acceptors (Lipinski definition) is 6. The van der Waals surface area contributed by atoms with E-state index in [2.05, 4.69) is 26.5 Å². The number of halogens is 3. The molecule has 0 saturated carbocycles. The summed E-state index contributed by atoms with van der Waals surface area (Å²) in [6.07, 6.45) is 1.42. The third kappa shape index (κ3) is 8.08. The van der Waals surface area contributed by atoms with Gasteiger partial charge in [-0.05, 0) is 88.9 Å². The van der Waals surface area contributed by atoms with E-state index in [9.17, 15) is 13.2 Å². The summed E-state index contributed by atoms with van der Waals surface area (Å²) >= 11 is 15.6. The van der Waals surface area contributed by atoms with Gasteiger partial charge in [0.15, 0.2) is 11.5 Å². The fourth-order valence-corrected chi connectivity index (χ4v) is 6.59. The van der Waals surface area contributed by atoms with Crippen LogP contribution in [0.1, 0.15) is 22.3 Å². The summed E-state index contributed by atoms with van der Waals surface area (Å²) in [5, 5.41) is 4.93. The highest BCUT2D eigenvalue weighted by atomic mass is 79.9. The van der Waals surface area contributed by atoms with Crippen LogP contribution in [0.25, 0.3) is 0 Å². The molecule has 0 aliphatic rings. The molecule has 0 spiro atoms. The zero-order valence-electron chi connectivity index (χ0n) is 23.5. The number of methoxy groups -OCH3 is 1. The Balaban J connectivity index is 1.50. The average Bonchev–Trinajstić information content (AvgIpc) is 2.97. The van der Waals surface area contributed by atoms with Gasteiger partial charge in [-0.25, -0.2) is 13.8 Å². The first kappa shape index (κ1) is 32.3. The number of benzene rings is 4. The summed E-state index contributed by atoms with van der Waals surface area (Å²) < 4.78 is 40.3. The molecule has 0 bridgehead atoms. The molecule has 0 aliphatic carbocycles. The van der Waals surface area contributed by atoms with Crippen molar-refractivity contribution in [3.8, 4) is 11.5 Å². The van der Waals surface area contributed by atoms with Crippen LogP contribution in [0.5, 0.6) is 11.5 Å². The van der Waals surface area contributed by atoms with Crippen molar-refractivity contribution in [1.29, 1.82) is 0 Å². The predicted octanol–water partition coefficient (Wildman–Crippen LogP) is 7.31. The van der Waals surface area contributed by atoms with Crippen molar-refractivity contribution in [2.24, 2.45) is 5.10 Å². The van der Waals surface area contributed by atoms with E-state index in [1.807, 2.05) is 19.1 Å². The number of amides is 1. The van der Waals surface area contributed by atoms with Crippen LogP contribution >= 0.6 is 39.1 Å². The van der Waals surface area contributed by atoms with E-state index in [-0.39, 0.29) is 11.5 Å². The van der Waals surface area contributed by atoms with Gasteiger partial charge in [-0.2, -0.15) is 5.10 Å². The Morgan fingerprint density at radius 3 is 2.42 bits per heavy atom. The van der Waals surface area contributed by atoms with Crippen molar-refractivity contribution in [2.75, 3.05) is 18.0 Å². The Morgan fingerprint density at radius 1 is 1.00 bits per heavy atom. The summed E-state index contributed by atoms with van der Waals surface area (Å²) in [6, 6.07) is 22.0. The molecular formula is C31H28BrCl2N3O5S. The highest BCUT2D eigenvalue weighted by Gasteiger charge is 2.28. The minimum atomic E-state index is -4.04. The van der Waals surface area contributed by atoms with Crippen molar-refractivity contribution >= 4 is 67.0 Å². The van der Waals surface area contributed by atoms with Crippen molar-refractivity contribution < 1.29 is 22.7 Å². The van der Waals surface area contributed by atoms with E-state index >= 15 is 0 Å². The second kappa shape index (κ2) is 14.3. The number of anilines is 1. The minimum absolute atomic E-state index is 0.0738. The number of aryl methyl sites for hydroxylation is 2. The second-order valence-corrected chi connectivity index (χ2v) is 13.0. The van der Waals surface area contributed by atoms with Crippen molar-refractivity contribution in [3.63, 3.8) is 0 Å². The Labute approximate surface area is 269 Å². The molecule has 43 heavy (non-hydrogen) atoms. The number of nitrogens with one attached hydrogen (secondary N) is 1. The standard InChI is InChI=1S/C31H28BrCl2N3O5S/c1-20-9-12-28(21(2)13-20)37(43(39,40)24-7-5-4-6-8-24)18-30(38)36-35-17-23-14-25(32)31(29(16-23)41-3)42-19-22-10-11-26(33)27(34)15-22/h4-17H,18-19H2,1-3H3,(H,36,38)/b35-17-. The first-order chi connectivity index (χ1) is 20.5. The van der Waals surface area contributed by atoms with E-state index < -0.39 is 22.5 Å². The van der Waals surface area contributed by atoms with Crippen LogP contribution in [0.2, 0.25) is 10.0 Å². The molecule has 0 unspecified atom stereocenters. The molecule has 1 amide bonds. The summed E-state index contributed by atoms with van der Waals surface area (Å²) in [5.74, 6) is 0.269. The molecule has 0 radical (unpaired) electrons. The van der Waals surface area contributed by atoms with Gasteiger partial charge in [0, 0.05) is 0 Å². The molecule has 1 N–H and O–H groups in total. The first-order valence-electron chi connectivity index (χ1n) is 12.9. The largest absolute Gasteiger partial charge is 0.493 e. The lowest BCUT2D eigenvalue weighted by atomic mass is 10.1. The SMILES string of the molecule is COc1cc(/C=N\NC(=O)CN(c2ccc(C)cc2C)S(=O)(=O)c2ccccc2)cc(Br)c1OCc1ccc(Cl)c(Cl)c1. The lowest BCUT2D eigenvalue weighted by Gasteiger charge is -2.25. The van der Waals surface area contributed by atoms with Gasteiger partial charge in [-0.3, -0.25) is 9.10 Å². The number of hydrogen-bond donors (Lipinski definition) is 1. The molecule has 0 saturated heterocycles. The third-order valence-corrected chi connectivity index (χ3v) is 9.36. The van der Waals surface area contributed by atoms with Gasteiger partial charge in [-0.15, -0.1) is 0 Å². The molecule has 12 heteroatoms. The fourth-order valence-electron chi connectivity index (χ4n) is 4.19. The highest BCUT2D eigenvalue weighted by Crippen LogP contribution is 2.37. The third-order valence-electron chi connectivity index (χ3n) is 6.26. The molecule has 224 valence electrons. The van der Waals surface area contributed by atoms with Gasteiger partial charge in [-0.1, -0.05) is 65.2 Å². The van der Waals surface area contributed by atoms with Gasteiger partial charge in [0.25, 0.3) is 15.9 Å². The maximum absolute atomic E-state index is 13.6. The molecule has 0 aliphatic heterocycles. The number of nitrogens with zero attached hydrogens (tertiary/aromatic N) is 2. The van der Waals surface area contributed by atoms with Gasteiger partial charge in [0.05, 0.1) is 38.4 Å². The van der Waals surface area contributed by atoms with Crippen molar-refractivity contribution in [3.05, 3.63) is 116 Å². The number of ether oxygens (including phenoxy) is 2. The minimum Gasteiger partial charge on any atom is -0.493 e. The van der Waals surface area contributed by atoms with E-state index in [0.29, 0.717) is 42.8 Å². The zero-order valence-corrected chi connectivity index (χ0v) is 27.4. The van der Waals surface area contributed by atoms with Crippen LogP contribution in [-0.4, -0.2) is 34.2 Å². The van der Waals surface area contributed by atoms with Crippen LogP contribution in [0.3, 0.4) is 0 Å². The van der Waals surface area contributed by atoms with E-state index in [0.717, 1.165) is 15.4 Å². The lowest BCUT2D eigenvalue weighted by molar-refractivity contribution is -0.119. The monoisotopic (exact) mass is 703 g/mol. The average molecular weight is 705 g/mol. The smallest absolute Gasteiger partial charge is 0.264 e. The highest BCUT2D eigenvalue weighted by molar-refractivity contribution is 9.10. The van der Waals surface area contributed by atoms with Gasteiger partial charge < -0.3 is 9.47 Å². The van der Waals surface area contributed by atoms with Gasteiger partial charge in [0.2, 0.25) is 0 Å². The Bertz CT molecular complexity index is 1770. The molecule has 0 aromatic heterocycles. The van der Waals surface area contributed by atoms with Crippen LogP contribution < -0.4 is 19.2 Å². The Hall–Kier alpha value is -3.57. The van der Waals surface area contributed by atoms with Crippen LogP contribution in [0.15, 0.2) is 93.3 Å². The van der Waals surface area contributed by atoms with E-state index in [4.69, 9.17) is 32.7 Å². The van der Waals surface area contributed by atoms with Crippen LogP contribution in [-0.2, 0) is 21.4 Å². The maximum atomic E-state index is 13.6. The molecule has 4 aromatic rings. The topological polar surface area (TPSA) is 97.3 Å². The fraction of sp³-hybridized carbons (Fsp3) is 0.161. The van der Waals surface area contributed by atoms with Crippen molar-refractivity contribution in [1.82, 2.24) is 5.43 Å². The zero-order chi connectivity index (χ0) is 31.1. The molecule has 0 heterocycles. The summed E-state index contributed by atoms with van der Waals surface area (Å²) in [6.45, 7) is 3.45. The number of carbonyl (C=O) groups is 1. The lowest BCUT2D eigenvalue weighted by Crippen LogP contribution is -2.40. The molecule has 8 nitrogen and oxygen atoms in total. The number of hydrazone groups is 1. The number of carbonyl (C=O) groups excluding carboxylic acids is 1. The molecule has 0 atom stereocenters.